The number of hydrogen-bond donors (Lipinski definition) is 0. The van der Waals surface area contributed by atoms with Crippen molar-refractivity contribution >= 4 is 5.91 Å². The topological polar surface area (TPSA) is 39.9 Å². The number of carbonyl (C=O) groups is 1. The van der Waals surface area contributed by atoms with E-state index in [1.165, 1.54) is 24.0 Å². The summed E-state index contributed by atoms with van der Waals surface area (Å²) in [5, 5.41) is 0. The molecule has 0 spiro atoms. The smallest absolute Gasteiger partial charge is 0.222 e. The second kappa shape index (κ2) is 10.1. The Labute approximate surface area is 174 Å². The van der Waals surface area contributed by atoms with Crippen molar-refractivity contribution in [1.29, 1.82) is 0 Å². The first-order valence-electron chi connectivity index (χ1n) is 11.0. The van der Waals surface area contributed by atoms with E-state index >= 15 is 0 Å². The number of piperidine rings is 1. The molecule has 2 aromatic rings. The van der Waals surface area contributed by atoms with Crippen molar-refractivity contribution in [3.63, 3.8) is 0 Å². The number of nitrogens with zero attached hydrogens (tertiary/aromatic N) is 3. The Kier molecular flexibility index (Phi) is 7.01. The highest BCUT2D eigenvalue weighted by Gasteiger charge is 2.24. The van der Waals surface area contributed by atoms with Crippen LogP contribution in [-0.4, -0.2) is 59.9 Å². The highest BCUT2D eigenvalue weighted by atomic mass is 16.3. The fraction of sp³-hybridized carbons (Fsp3) is 0.542. The zero-order chi connectivity index (χ0) is 19.9. The molecule has 2 aliphatic heterocycles. The standard InChI is InChI=1S/C24H33N3O2/c28-24(27-14-12-25(13-15-27)17-21-5-2-1-3-6-21)9-8-22-7-4-11-26(18-22)19-23-10-16-29-20-23/h1-3,5-6,10,16,20,22H,4,7-9,11-15,17-19H2/t22-/m1/s1. The van der Waals surface area contributed by atoms with Crippen LogP contribution in [0.1, 0.15) is 36.8 Å². The molecule has 0 unspecified atom stereocenters. The van der Waals surface area contributed by atoms with Crippen molar-refractivity contribution in [2.75, 3.05) is 39.3 Å². The first kappa shape index (κ1) is 20.2. The normalized spacial score (nSPS) is 21.4. The first-order chi connectivity index (χ1) is 14.3. The van der Waals surface area contributed by atoms with Gasteiger partial charge in [-0.3, -0.25) is 14.6 Å². The van der Waals surface area contributed by atoms with E-state index in [-0.39, 0.29) is 0 Å². The third kappa shape index (κ3) is 5.94. The molecule has 2 saturated heterocycles. The molecular formula is C24H33N3O2. The third-order valence-electron chi connectivity index (χ3n) is 6.33. The maximum Gasteiger partial charge on any atom is 0.222 e. The lowest BCUT2D eigenvalue weighted by atomic mass is 9.93. The van der Waals surface area contributed by atoms with Gasteiger partial charge < -0.3 is 9.32 Å². The Morgan fingerprint density at radius 1 is 0.931 bits per heavy atom. The Bertz CT molecular complexity index is 739. The second-order valence-corrected chi connectivity index (χ2v) is 8.56. The van der Waals surface area contributed by atoms with Gasteiger partial charge in [-0.25, -0.2) is 0 Å². The predicted molar refractivity (Wildman–Crippen MR) is 114 cm³/mol. The summed E-state index contributed by atoms with van der Waals surface area (Å²) >= 11 is 0. The molecule has 1 aromatic carbocycles. The van der Waals surface area contributed by atoms with Gasteiger partial charge in [-0.05, 0) is 43.4 Å². The number of benzene rings is 1. The molecule has 1 aromatic heterocycles. The van der Waals surface area contributed by atoms with Crippen LogP contribution in [0.5, 0.6) is 0 Å². The minimum atomic E-state index is 0.344. The molecule has 0 N–H and O–H groups in total. The first-order valence-corrected chi connectivity index (χ1v) is 11.0. The lowest BCUT2D eigenvalue weighted by Crippen LogP contribution is -2.48. The van der Waals surface area contributed by atoms with Gasteiger partial charge in [-0.1, -0.05) is 30.3 Å². The lowest BCUT2D eigenvalue weighted by Gasteiger charge is -2.36. The van der Waals surface area contributed by atoms with Crippen LogP contribution in [0.3, 0.4) is 0 Å². The molecule has 0 saturated carbocycles. The van der Waals surface area contributed by atoms with Gasteiger partial charge in [-0.2, -0.15) is 0 Å². The molecule has 0 aliphatic carbocycles. The number of piperazine rings is 1. The molecule has 0 bridgehead atoms. The van der Waals surface area contributed by atoms with E-state index in [4.69, 9.17) is 4.42 Å². The second-order valence-electron chi connectivity index (χ2n) is 8.56. The average Bonchev–Trinajstić information content (AvgIpc) is 3.27. The summed E-state index contributed by atoms with van der Waals surface area (Å²) in [6.07, 6.45) is 7.78. The van der Waals surface area contributed by atoms with E-state index in [2.05, 4.69) is 45.0 Å². The van der Waals surface area contributed by atoms with E-state index in [1.807, 2.05) is 12.3 Å². The van der Waals surface area contributed by atoms with Gasteiger partial charge >= 0.3 is 0 Å². The molecule has 1 atom stereocenters. The minimum Gasteiger partial charge on any atom is -0.472 e. The number of furan rings is 1. The summed E-state index contributed by atoms with van der Waals surface area (Å²) < 4.78 is 5.19. The number of amides is 1. The number of hydrogen-bond acceptors (Lipinski definition) is 4. The summed E-state index contributed by atoms with van der Waals surface area (Å²) in [6.45, 7) is 7.88. The molecule has 4 rings (SSSR count). The van der Waals surface area contributed by atoms with Gasteiger partial charge in [0.25, 0.3) is 0 Å². The van der Waals surface area contributed by atoms with E-state index in [0.29, 0.717) is 18.2 Å². The maximum absolute atomic E-state index is 12.7. The molecule has 29 heavy (non-hydrogen) atoms. The Balaban J connectivity index is 1.16. The molecular weight excluding hydrogens is 362 g/mol. The molecule has 5 nitrogen and oxygen atoms in total. The Morgan fingerprint density at radius 2 is 1.72 bits per heavy atom. The van der Waals surface area contributed by atoms with E-state index in [0.717, 1.165) is 58.8 Å². The van der Waals surface area contributed by atoms with E-state index in [9.17, 15) is 4.79 Å². The van der Waals surface area contributed by atoms with Crippen LogP contribution in [0.15, 0.2) is 53.3 Å². The molecule has 0 radical (unpaired) electrons. The zero-order valence-electron chi connectivity index (χ0n) is 17.3. The van der Waals surface area contributed by atoms with Crippen molar-refractivity contribution in [3.05, 3.63) is 60.1 Å². The van der Waals surface area contributed by atoms with Crippen LogP contribution < -0.4 is 0 Å². The molecule has 156 valence electrons. The van der Waals surface area contributed by atoms with Crippen LogP contribution in [0.25, 0.3) is 0 Å². The highest BCUT2D eigenvalue weighted by Crippen LogP contribution is 2.23. The molecule has 1 amide bonds. The highest BCUT2D eigenvalue weighted by molar-refractivity contribution is 5.76. The predicted octanol–water partition coefficient (Wildman–Crippen LogP) is 3.62. The Hall–Kier alpha value is -2.11. The third-order valence-corrected chi connectivity index (χ3v) is 6.33. The summed E-state index contributed by atoms with van der Waals surface area (Å²) in [7, 11) is 0. The molecule has 2 aliphatic rings. The van der Waals surface area contributed by atoms with Crippen LogP contribution >= 0.6 is 0 Å². The van der Waals surface area contributed by atoms with Gasteiger partial charge in [0.15, 0.2) is 0 Å². The quantitative estimate of drug-likeness (QED) is 0.718. The van der Waals surface area contributed by atoms with E-state index < -0.39 is 0 Å². The lowest BCUT2D eigenvalue weighted by molar-refractivity contribution is -0.133. The fourth-order valence-electron chi connectivity index (χ4n) is 4.65. The summed E-state index contributed by atoms with van der Waals surface area (Å²) in [4.78, 5) is 19.8. The van der Waals surface area contributed by atoms with Crippen molar-refractivity contribution in [3.8, 4) is 0 Å². The van der Waals surface area contributed by atoms with Crippen LogP contribution in [0.4, 0.5) is 0 Å². The van der Waals surface area contributed by atoms with Gasteiger partial charge in [0, 0.05) is 57.8 Å². The molecule has 3 heterocycles. The number of carbonyl (C=O) groups excluding carboxylic acids is 1. The number of rotatable bonds is 7. The monoisotopic (exact) mass is 395 g/mol. The number of likely N-dealkylation sites (tertiary alicyclic amines) is 1. The van der Waals surface area contributed by atoms with Crippen molar-refractivity contribution in [2.45, 2.75) is 38.8 Å². The SMILES string of the molecule is O=C(CC[C@H]1CCCN(Cc2ccoc2)C1)N1CCN(Cc2ccccc2)CC1. The van der Waals surface area contributed by atoms with E-state index in [1.54, 1.807) is 6.26 Å². The van der Waals surface area contributed by atoms with Gasteiger partial charge in [0.2, 0.25) is 5.91 Å². The zero-order valence-corrected chi connectivity index (χ0v) is 17.3. The van der Waals surface area contributed by atoms with Crippen LogP contribution in [0, 0.1) is 5.92 Å². The van der Waals surface area contributed by atoms with Gasteiger partial charge in [-0.15, -0.1) is 0 Å². The van der Waals surface area contributed by atoms with Crippen molar-refractivity contribution < 1.29 is 9.21 Å². The largest absolute Gasteiger partial charge is 0.472 e. The molecule has 5 heteroatoms. The minimum absolute atomic E-state index is 0.344. The Morgan fingerprint density at radius 3 is 2.48 bits per heavy atom. The van der Waals surface area contributed by atoms with Crippen molar-refractivity contribution in [1.82, 2.24) is 14.7 Å². The summed E-state index contributed by atoms with van der Waals surface area (Å²) in [6, 6.07) is 12.6. The van der Waals surface area contributed by atoms with Gasteiger partial charge in [0.1, 0.15) is 0 Å². The van der Waals surface area contributed by atoms with Crippen molar-refractivity contribution in [2.24, 2.45) is 5.92 Å². The summed E-state index contributed by atoms with van der Waals surface area (Å²) in [5.41, 5.74) is 2.60. The fourth-order valence-corrected chi connectivity index (χ4v) is 4.65. The molecule has 2 fully saturated rings. The van der Waals surface area contributed by atoms with Gasteiger partial charge in [0.05, 0.1) is 12.5 Å². The van der Waals surface area contributed by atoms with Crippen LogP contribution in [-0.2, 0) is 17.9 Å². The van der Waals surface area contributed by atoms with Crippen LogP contribution in [0.2, 0.25) is 0 Å². The summed E-state index contributed by atoms with van der Waals surface area (Å²) in [5.74, 6) is 0.982. The maximum atomic E-state index is 12.7. The average molecular weight is 396 g/mol.